The van der Waals surface area contributed by atoms with Crippen LogP contribution < -0.4 is 0 Å². The van der Waals surface area contributed by atoms with Crippen molar-refractivity contribution in [3.8, 4) is 0 Å². The molecule has 4 aromatic rings. The fourth-order valence-electron chi connectivity index (χ4n) is 5.64. The fourth-order valence-corrected chi connectivity index (χ4v) is 6.17. The molecule has 0 bridgehead atoms. The second kappa shape index (κ2) is 9.00. The predicted octanol–water partition coefficient (Wildman–Crippen LogP) is 9.06. The Bertz CT molecular complexity index is 1060. The van der Waals surface area contributed by atoms with Crippen molar-refractivity contribution in [3.63, 3.8) is 0 Å². The smallest absolute Gasteiger partial charge is 0.0203 e. The molecule has 0 saturated heterocycles. The van der Waals surface area contributed by atoms with Gasteiger partial charge < -0.3 is 0 Å². The van der Waals surface area contributed by atoms with E-state index in [0.717, 1.165) is 34.6 Å². The van der Waals surface area contributed by atoms with Crippen LogP contribution in [0.1, 0.15) is 47.9 Å². The van der Waals surface area contributed by atoms with Crippen molar-refractivity contribution in [1.29, 1.82) is 0 Å². The predicted molar refractivity (Wildman–Crippen MR) is 141 cm³/mol. The zero-order valence-electron chi connectivity index (χ0n) is 18.0. The standard InChI is InChI=1S/C30H26Br2/c31-27-15-11-25(12-16-27)29(23-7-3-1-4-8-23)19-21-30(22-20-29,24-9-5-2-6-10-24)26-13-17-28(32)18-14-26/h1-18H,19-22H2. The van der Waals surface area contributed by atoms with Gasteiger partial charge in [-0.3, -0.25) is 0 Å². The summed E-state index contributed by atoms with van der Waals surface area (Å²) in [5.41, 5.74) is 5.78. The molecular formula is C30H26Br2. The molecule has 1 fully saturated rings. The van der Waals surface area contributed by atoms with E-state index in [9.17, 15) is 0 Å². The highest BCUT2D eigenvalue weighted by Crippen LogP contribution is 2.54. The third-order valence-electron chi connectivity index (χ3n) is 7.40. The summed E-state index contributed by atoms with van der Waals surface area (Å²) in [5, 5.41) is 0. The van der Waals surface area contributed by atoms with E-state index in [2.05, 4.69) is 141 Å². The second-order valence-electron chi connectivity index (χ2n) is 8.91. The van der Waals surface area contributed by atoms with E-state index in [4.69, 9.17) is 0 Å². The van der Waals surface area contributed by atoms with E-state index >= 15 is 0 Å². The van der Waals surface area contributed by atoms with E-state index in [-0.39, 0.29) is 10.8 Å². The van der Waals surface area contributed by atoms with Gasteiger partial charge in [0.15, 0.2) is 0 Å². The lowest BCUT2D eigenvalue weighted by Crippen LogP contribution is -2.41. The van der Waals surface area contributed by atoms with Crippen LogP contribution >= 0.6 is 31.9 Å². The Morgan fingerprint density at radius 3 is 0.969 bits per heavy atom. The first-order chi connectivity index (χ1) is 15.6. The van der Waals surface area contributed by atoms with Gasteiger partial charge in [-0.05, 0) is 72.2 Å². The van der Waals surface area contributed by atoms with E-state index < -0.39 is 0 Å². The first-order valence-corrected chi connectivity index (χ1v) is 12.8. The summed E-state index contributed by atoms with van der Waals surface area (Å²) in [7, 11) is 0. The van der Waals surface area contributed by atoms with Crippen LogP contribution in [0.2, 0.25) is 0 Å². The van der Waals surface area contributed by atoms with Crippen molar-refractivity contribution in [3.05, 3.63) is 140 Å². The van der Waals surface area contributed by atoms with E-state index in [1.54, 1.807) is 0 Å². The molecule has 32 heavy (non-hydrogen) atoms. The summed E-state index contributed by atoms with van der Waals surface area (Å²) in [6.07, 6.45) is 4.46. The third-order valence-corrected chi connectivity index (χ3v) is 8.46. The normalized spacial score (nSPS) is 23.1. The summed E-state index contributed by atoms with van der Waals surface area (Å²) in [6, 6.07) is 40.2. The van der Waals surface area contributed by atoms with Gasteiger partial charge in [0.05, 0.1) is 0 Å². The van der Waals surface area contributed by atoms with Gasteiger partial charge in [0.1, 0.15) is 0 Å². The van der Waals surface area contributed by atoms with E-state index in [0.29, 0.717) is 0 Å². The van der Waals surface area contributed by atoms with Gasteiger partial charge in [0, 0.05) is 19.8 Å². The van der Waals surface area contributed by atoms with Gasteiger partial charge in [-0.25, -0.2) is 0 Å². The SMILES string of the molecule is Brc1ccc(C2(c3ccccc3)CCC(c3ccccc3)(c3ccc(Br)cc3)CC2)cc1. The monoisotopic (exact) mass is 544 g/mol. The molecule has 1 aliphatic carbocycles. The molecule has 0 N–H and O–H groups in total. The van der Waals surface area contributed by atoms with Crippen LogP contribution in [-0.4, -0.2) is 0 Å². The highest BCUT2D eigenvalue weighted by Gasteiger charge is 2.46. The summed E-state index contributed by atoms with van der Waals surface area (Å²) in [4.78, 5) is 0. The second-order valence-corrected chi connectivity index (χ2v) is 10.7. The average molecular weight is 546 g/mol. The van der Waals surface area contributed by atoms with Crippen LogP contribution in [0.15, 0.2) is 118 Å². The molecule has 160 valence electrons. The Hall–Kier alpha value is -2.16. The minimum atomic E-state index is 0.0373. The molecule has 0 nitrogen and oxygen atoms in total. The number of hydrogen-bond acceptors (Lipinski definition) is 0. The van der Waals surface area contributed by atoms with Crippen LogP contribution in [0.4, 0.5) is 0 Å². The molecule has 4 aromatic carbocycles. The Kier molecular flexibility index (Phi) is 6.09. The molecule has 1 saturated carbocycles. The Labute approximate surface area is 208 Å². The molecule has 0 heterocycles. The maximum Gasteiger partial charge on any atom is 0.0203 e. The Morgan fingerprint density at radius 2 is 0.656 bits per heavy atom. The van der Waals surface area contributed by atoms with Crippen LogP contribution in [0.5, 0.6) is 0 Å². The zero-order chi connectivity index (χ0) is 22.0. The quantitative estimate of drug-likeness (QED) is 0.240. The van der Waals surface area contributed by atoms with Crippen molar-refractivity contribution in [1.82, 2.24) is 0 Å². The van der Waals surface area contributed by atoms with Gasteiger partial charge in [0.2, 0.25) is 0 Å². The molecule has 1 aliphatic rings. The average Bonchev–Trinajstić information content (AvgIpc) is 2.86. The summed E-state index contributed by atoms with van der Waals surface area (Å²) >= 11 is 7.25. The van der Waals surface area contributed by atoms with Gasteiger partial charge in [-0.1, -0.05) is 117 Å². The van der Waals surface area contributed by atoms with Gasteiger partial charge >= 0.3 is 0 Å². The van der Waals surface area contributed by atoms with Crippen molar-refractivity contribution < 1.29 is 0 Å². The molecule has 0 spiro atoms. The highest BCUT2D eigenvalue weighted by molar-refractivity contribution is 9.10. The molecule has 0 unspecified atom stereocenters. The number of benzene rings is 4. The molecular weight excluding hydrogens is 520 g/mol. The van der Waals surface area contributed by atoms with Crippen molar-refractivity contribution >= 4 is 31.9 Å². The summed E-state index contributed by atoms with van der Waals surface area (Å²) in [6.45, 7) is 0. The van der Waals surface area contributed by atoms with Gasteiger partial charge in [-0.15, -0.1) is 0 Å². The van der Waals surface area contributed by atoms with Crippen LogP contribution in [0.25, 0.3) is 0 Å². The molecule has 0 aromatic heterocycles. The maximum atomic E-state index is 3.62. The Balaban J connectivity index is 1.61. The lowest BCUT2D eigenvalue weighted by molar-refractivity contribution is 0.257. The fraction of sp³-hybridized carbons (Fsp3) is 0.200. The largest absolute Gasteiger partial charge is 0.0622 e. The maximum absolute atomic E-state index is 3.62. The first-order valence-electron chi connectivity index (χ1n) is 11.3. The minimum Gasteiger partial charge on any atom is -0.0622 e. The summed E-state index contributed by atoms with van der Waals surface area (Å²) in [5.74, 6) is 0. The van der Waals surface area contributed by atoms with Crippen molar-refractivity contribution in [2.45, 2.75) is 36.5 Å². The van der Waals surface area contributed by atoms with Crippen molar-refractivity contribution in [2.75, 3.05) is 0 Å². The van der Waals surface area contributed by atoms with Gasteiger partial charge in [-0.2, -0.15) is 0 Å². The third kappa shape index (κ3) is 3.89. The number of halogens is 2. The topological polar surface area (TPSA) is 0 Å². The van der Waals surface area contributed by atoms with E-state index in [1.807, 2.05) is 0 Å². The van der Waals surface area contributed by atoms with Crippen LogP contribution in [-0.2, 0) is 10.8 Å². The molecule has 0 radical (unpaired) electrons. The first kappa shape index (κ1) is 21.7. The molecule has 0 amide bonds. The zero-order valence-corrected chi connectivity index (χ0v) is 21.1. The number of hydrogen-bond donors (Lipinski definition) is 0. The summed E-state index contributed by atoms with van der Waals surface area (Å²) < 4.78 is 2.27. The van der Waals surface area contributed by atoms with Crippen LogP contribution in [0, 0.1) is 0 Å². The molecule has 5 rings (SSSR count). The lowest BCUT2D eigenvalue weighted by atomic mass is 9.55. The van der Waals surface area contributed by atoms with E-state index in [1.165, 1.54) is 22.3 Å². The van der Waals surface area contributed by atoms with Gasteiger partial charge in [0.25, 0.3) is 0 Å². The highest BCUT2D eigenvalue weighted by atomic mass is 79.9. The molecule has 0 aliphatic heterocycles. The molecule has 0 atom stereocenters. The van der Waals surface area contributed by atoms with Crippen molar-refractivity contribution in [2.24, 2.45) is 0 Å². The Morgan fingerprint density at radius 1 is 0.375 bits per heavy atom. The minimum absolute atomic E-state index is 0.0373. The lowest BCUT2D eigenvalue weighted by Gasteiger charge is -2.48. The molecule has 2 heteroatoms. The van der Waals surface area contributed by atoms with Crippen LogP contribution in [0.3, 0.4) is 0 Å². The number of rotatable bonds is 4.